The lowest BCUT2D eigenvalue weighted by Gasteiger charge is -2.38. The van der Waals surface area contributed by atoms with E-state index in [9.17, 15) is 9.90 Å². The summed E-state index contributed by atoms with van der Waals surface area (Å²) >= 11 is 0. The second-order valence-corrected chi connectivity index (χ2v) is 7.92. The lowest BCUT2D eigenvalue weighted by Crippen LogP contribution is -2.48. The summed E-state index contributed by atoms with van der Waals surface area (Å²) in [4.78, 5) is 13.2. The third-order valence-corrected chi connectivity index (χ3v) is 6.53. The van der Waals surface area contributed by atoms with Gasteiger partial charge in [0.15, 0.2) is 0 Å². The predicted molar refractivity (Wildman–Crippen MR) is 110 cm³/mol. The van der Waals surface area contributed by atoms with Gasteiger partial charge in [0.05, 0.1) is 12.1 Å². The predicted octanol–water partition coefficient (Wildman–Crippen LogP) is 3.31. The zero-order valence-electron chi connectivity index (χ0n) is 15.7. The van der Waals surface area contributed by atoms with Crippen LogP contribution in [0, 0.1) is 0 Å². The van der Waals surface area contributed by atoms with E-state index < -0.39 is 6.10 Å². The molecular formula is C24H24N2O2. The maximum absolute atomic E-state index is 13.2. The molecule has 0 unspecified atom stereocenters. The van der Waals surface area contributed by atoms with Crippen molar-refractivity contribution in [1.29, 1.82) is 0 Å². The van der Waals surface area contributed by atoms with Crippen LogP contribution in [0.2, 0.25) is 0 Å². The second-order valence-electron chi connectivity index (χ2n) is 7.92. The van der Waals surface area contributed by atoms with Gasteiger partial charge in [0.1, 0.15) is 0 Å². The van der Waals surface area contributed by atoms with Crippen molar-refractivity contribution in [3.63, 3.8) is 0 Å². The minimum Gasteiger partial charge on any atom is -0.390 e. The number of hydrogen-bond acceptors (Lipinski definition) is 3. The standard InChI is InChI=1S/C24H24N2O2/c27-22-21(19-9-3-4-11-20(19)24(22)12-14-25-15-13-24)26-23(28)18-10-5-7-16-6-1-2-8-17(16)18/h1-11,21-22,25,27H,12-15H2,(H,26,28)/t21-,22+/m1/s1. The number of fused-ring (bicyclic) bond motifs is 3. The van der Waals surface area contributed by atoms with Gasteiger partial charge in [0.25, 0.3) is 5.91 Å². The van der Waals surface area contributed by atoms with Crippen molar-refractivity contribution < 1.29 is 9.90 Å². The topological polar surface area (TPSA) is 61.4 Å². The summed E-state index contributed by atoms with van der Waals surface area (Å²) < 4.78 is 0. The molecule has 1 amide bonds. The molecule has 0 aromatic heterocycles. The molecule has 3 aromatic carbocycles. The number of hydrogen-bond donors (Lipinski definition) is 3. The summed E-state index contributed by atoms with van der Waals surface area (Å²) in [5.41, 5.74) is 2.60. The molecule has 1 saturated heterocycles. The first-order chi connectivity index (χ1) is 13.7. The highest BCUT2D eigenvalue weighted by Crippen LogP contribution is 2.50. The molecule has 3 N–H and O–H groups in total. The zero-order chi connectivity index (χ0) is 19.1. The average Bonchev–Trinajstić information content (AvgIpc) is 2.97. The summed E-state index contributed by atoms with van der Waals surface area (Å²) in [6, 6.07) is 21.5. The van der Waals surface area contributed by atoms with Gasteiger partial charge in [0, 0.05) is 11.0 Å². The first-order valence-electron chi connectivity index (χ1n) is 9.97. The number of carbonyl (C=O) groups excluding carboxylic acids is 1. The number of rotatable bonds is 2. The Morgan fingerprint density at radius 1 is 0.964 bits per heavy atom. The summed E-state index contributed by atoms with van der Waals surface area (Å²) in [6.07, 6.45) is 1.14. The number of nitrogens with one attached hydrogen (secondary N) is 2. The largest absolute Gasteiger partial charge is 0.390 e. The van der Waals surface area contributed by atoms with Crippen molar-refractivity contribution in [3.05, 3.63) is 83.4 Å². The van der Waals surface area contributed by atoms with Gasteiger partial charge in [-0.25, -0.2) is 0 Å². The van der Waals surface area contributed by atoms with Crippen molar-refractivity contribution in [3.8, 4) is 0 Å². The molecule has 2 aliphatic rings. The lowest BCUT2D eigenvalue weighted by molar-refractivity contribution is 0.0418. The average molecular weight is 372 g/mol. The minimum atomic E-state index is -0.620. The van der Waals surface area contributed by atoms with E-state index >= 15 is 0 Å². The molecule has 0 radical (unpaired) electrons. The monoisotopic (exact) mass is 372 g/mol. The highest BCUT2D eigenvalue weighted by Gasteiger charge is 2.52. The van der Waals surface area contributed by atoms with Gasteiger partial charge in [-0.1, -0.05) is 60.7 Å². The van der Waals surface area contributed by atoms with Gasteiger partial charge < -0.3 is 15.7 Å². The van der Waals surface area contributed by atoms with Gasteiger partial charge in [-0.3, -0.25) is 4.79 Å². The molecule has 1 spiro atoms. The number of carbonyl (C=O) groups is 1. The maximum Gasteiger partial charge on any atom is 0.252 e. The van der Waals surface area contributed by atoms with E-state index in [1.54, 1.807) is 0 Å². The Labute approximate surface area is 164 Å². The summed E-state index contributed by atoms with van der Waals surface area (Å²) in [6.45, 7) is 1.77. The molecule has 1 aliphatic carbocycles. The number of aliphatic hydroxyl groups excluding tert-OH is 1. The molecule has 0 saturated carbocycles. The molecule has 4 heteroatoms. The van der Waals surface area contributed by atoms with Crippen molar-refractivity contribution in [1.82, 2.24) is 10.6 Å². The van der Waals surface area contributed by atoms with E-state index in [2.05, 4.69) is 16.7 Å². The third-order valence-electron chi connectivity index (χ3n) is 6.53. The fraction of sp³-hybridized carbons (Fsp3) is 0.292. The van der Waals surface area contributed by atoms with E-state index in [1.165, 1.54) is 5.56 Å². The fourth-order valence-electron chi connectivity index (χ4n) is 5.11. The zero-order valence-corrected chi connectivity index (χ0v) is 15.7. The van der Waals surface area contributed by atoms with Crippen LogP contribution < -0.4 is 10.6 Å². The highest BCUT2D eigenvalue weighted by atomic mass is 16.3. The molecule has 3 aromatic rings. The highest BCUT2D eigenvalue weighted by molar-refractivity contribution is 6.07. The minimum absolute atomic E-state index is 0.137. The van der Waals surface area contributed by atoms with Crippen molar-refractivity contribution in [2.45, 2.75) is 30.4 Å². The second kappa shape index (κ2) is 6.73. The Hall–Kier alpha value is -2.69. The van der Waals surface area contributed by atoms with Crippen LogP contribution in [0.3, 0.4) is 0 Å². The SMILES string of the molecule is O=C(N[C@@H]1c2ccccc2C2(CCNCC2)[C@H]1O)c1cccc2ccccc12. The first-order valence-corrected chi connectivity index (χ1v) is 9.97. The molecule has 0 bridgehead atoms. The van der Waals surface area contributed by atoms with Crippen LogP contribution >= 0.6 is 0 Å². The number of piperidine rings is 1. The van der Waals surface area contributed by atoms with E-state index in [-0.39, 0.29) is 17.4 Å². The van der Waals surface area contributed by atoms with Crippen LogP contribution in [0.1, 0.15) is 40.4 Å². The molecule has 1 fully saturated rings. The van der Waals surface area contributed by atoms with Crippen LogP contribution in [0.25, 0.3) is 10.8 Å². The van der Waals surface area contributed by atoms with E-state index in [0.717, 1.165) is 42.3 Å². The lowest BCUT2D eigenvalue weighted by atomic mass is 9.72. The molecular weight excluding hydrogens is 348 g/mol. The van der Waals surface area contributed by atoms with Gasteiger partial charge >= 0.3 is 0 Å². The first kappa shape index (κ1) is 17.4. The van der Waals surface area contributed by atoms with E-state index in [4.69, 9.17) is 0 Å². The summed E-state index contributed by atoms with van der Waals surface area (Å²) in [5.74, 6) is -0.137. The van der Waals surface area contributed by atoms with Gasteiger partial charge in [0.2, 0.25) is 0 Å². The quantitative estimate of drug-likeness (QED) is 0.647. The van der Waals surface area contributed by atoms with Crippen molar-refractivity contribution in [2.75, 3.05) is 13.1 Å². The van der Waals surface area contributed by atoms with Crippen LogP contribution in [0.5, 0.6) is 0 Å². The normalized spacial score (nSPS) is 22.9. The number of benzene rings is 3. The Kier molecular flexibility index (Phi) is 4.18. The van der Waals surface area contributed by atoms with Gasteiger partial charge in [-0.15, -0.1) is 0 Å². The van der Waals surface area contributed by atoms with Crippen LogP contribution in [-0.4, -0.2) is 30.2 Å². The van der Waals surface area contributed by atoms with Crippen LogP contribution in [0.15, 0.2) is 66.7 Å². The summed E-state index contributed by atoms with van der Waals surface area (Å²) in [7, 11) is 0. The van der Waals surface area contributed by atoms with E-state index in [0.29, 0.717) is 5.56 Å². The van der Waals surface area contributed by atoms with Gasteiger partial charge in [-0.05, 0) is 53.9 Å². The molecule has 28 heavy (non-hydrogen) atoms. The van der Waals surface area contributed by atoms with Crippen LogP contribution in [-0.2, 0) is 5.41 Å². The Morgan fingerprint density at radius 3 is 2.54 bits per heavy atom. The molecule has 142 valence electrons. The van der Waals surface area contributed by atoms with Crippen LogP contribution in [0.4, 0.5) is 0 Å². The Bertz CT molecular complexity index is 1030. The van der Waals surface area contributed by atoms with Gasteiger partial charge in [-0.2, -0.15) is 0 Å². The number of amides is 1. The maximum atomic E-state index is 13.2. The Morgan fingerprint density at radius 2 is 1.68 bits per heavy atom. The number of aliphatic hydroxyl groups is 1. The molecule has 2 atom stereocenters. The van der Waals surface area contributed by atoms with E-state index in [1.807, 2.05) is 60.7 Å². The smallest absolute Gasteiger partial charge is 0.252 e. The fourth-order valence-corrected chi connectivity index (χ4v) is 5.11. The molecule has 1 heterocycles. The summed E-state index contributed by atoms with van der Waals surface area (Å²) in [5, 5.41) is 19.9. The third kappa shape index (κ3) is 2.56. The Balaban J connectivity index is 1.52. The molecule has 5 rings (SSSR count). The molecule has 1 aliphatic heterocycles. The van der Waals surface area contributed by atoms with Crippen molar-refractivity contribution in [2.24, 2.45) is 0 Å². The van der Waals surface area contributed by atoms with Crippen molar-refractivity contribution >= 4 is 16.7 Å². The molecule has 4 nitrogen and oxygen atoms in total.